The van der Waals surface area contributed by atoms with Crippen LogP contribution in [0.3, 0.4) is 0 Å². The Morgan fingerprint density at radius 3 is 2.17 bits per heavy atom. The van der Waals surface area contributed by atoms with Crippen molar-refractivity contribution in [2.24, 2.45) is 35.0 Å². The van der Waals surface area contributed by atoms with Crippen molar-refractivity contribution in [1.29, 1.82) is 0 Å². The van der Waals surface area contributed by atoms with E-state index in [2.05, 4.69) is 53.9 Å². The summed E-state index contributed by atoms with van der Waals surface area (Å²) in [6, 6.07) is 0. The quantitative estimate of drug-likeness (QED) is 0.407. The molecule has 4 unspecified atom stereocenters. The molecular formula is C23H47N. The third-order valence-corrected chi connectivity index (χ3v) is 6.99. The minimum atomic E-state index is 0.673. The van der Waals surface area contributed by atoms with Crippen LogP contribution in [0.5, 0.6) is 0 Å². The summed E-state index contributed by atoms with van der Waals surface area (Å²) in [7, 11) is 2.11. The van der Waals surface area contributed by atoms with Gasteiger partial charge in [0.1, 0.15) is 0 Å². The first-order chi connectivity index (χ1) is 11.4. The zero-order valence-corrected chi connectivity index (χ0v) is 18.0. The summed E-state index contributed by atoms with van der Waals surface area (Å²) >= 11 is 0. The molecule has 1 aliphatic rings. The molecule has 1 heteroatoms. The molecule has 1 nitrogen and oxygen atoms in total. The van der Waals surface area contributed by atoms with E-state index in [1.54, 1.807) is 0 Å². The Bertz CT molecular complexity index is 322. The fourth-order valence-electron chi connectivity index (χ4n) is 5.62. The lowest BCUT2D eigenvalue weighted by Gasteiger charge is -2.33. The average Bonchev–Trinajstić information content (AvgIpc) is 2.93. The van der Waals surface area contributed by atoms with Gasteiger partial charge < -0.3 is 5.32 Å². The first kappa shape index (κ1) is 22.0. The van der Waals surface area contributed by atoms with E-state index in [-0.39, 0.29) is 0 Å². The van der Waals surface area contributed by atoms with Crippen LogP contribution >= 0.6 is 0 Å². The van der Waals surface area contributed by atoms with Crippen molar-refractivity contribution >= 4 is 0 Å². The monoisotopic (exact) mass is 337 g/mol. The van der Waals surface area contributed by atoms with Gasteiger partial charge in [-0.1, -0.05) is 67.2 Å². The molecule has 4 atom stereocenters. The average molecular weight is 338 g/mol. The normalized spacial score (nSPS) is 27.1. The van der Waals surface area contributed by atoms with E-state index in [1.807, 2.05) is 0 Å². The standard InChI is InChI=1S/C23H47N/c1-8-20(21(9-2)17-24-7)11-10-13-23(15-18(3)4)14-12-22(16-23)19(5)6/h18-22,24H,8-17H2,1-7H3. The molecule has 0 heterocycles. The third kappa shape index (κ3) is 6.70. The predicted molar refractivity (Wildman–Crippen MR) is 109 cm³/mol. The van der Waals surface area contributed by atoms with Crippen LogP contribution < -0.4 is 5.32 Å². The van der Waals surface area contributed by atoms with Gasteiger partial charge in [0.15, 0.2) is 0 Å². The molecule has 1 N–H and O–H groups in total. The highest BCUT2D eigenvalue weighted by atomic mass is 14.8. The van der Waals surface area contributed by atoms with Gasteiger partial charge in [-0.3, -0.25) is 0 Å². The highest BCUT2D eigenvalue weighted by Crippen LogP contribution is 2.51. The van der Waals surface area contributed by atoms with E-state index in [1.165, 1.54) is 64.3 Å². The van der Waals surface area contributed by atoms with Gasteiger partial charge in [-0.15, -0.1) is 0 Å². The number of rotatable bonds is 12. The Hall–Kier alpha value is -0.0400. The third-order valence-electron chi connectivity index (χ3n) is 6.99. The van der Waals surface area contributed by atoms with E-state index >= 15 is 0 Å². The first-order valence-corrected chi connectivity index (χ1v) is 11.0. The highest BCUT2D eigenvalue weighted by Gasteiger charge is 2.39. The fourth-order valence-corrected chi connectivity index (χ4v) is 5.62. The van der Waals surface area contributed by atoms with Crippen LogP contribution in [0.1, 0.15) is 99.3 Å². The number of hydrogen-bond donors (Lipinski definition) is 1. The Labute approximate surface area is 153 Å². The molecule has 1 aliphatic carbocycles. The molecule has 0 aromatic heterocycles. The summed E-state index contributed by atoms with van der Waals surface area (Å²) < 4.78 is 0. The smallest absolute Gasteiger partial charge is 0.00210 e. The van der Waals surface area contributed by atoms with Crippen molar-refractivity contribution in [3.05, 3.63) is 0 Å². The molecule has 0 aromatic carbocycles. The zero-order valence-electron chi connectivity index (χ0n) is 18.0. The molecule has 0 bridgehead atoms. The Morgan fingerprint density at radius 2 is 1.71 bits per heavy atom. The van der Waals surface area contributed by atoms with Crippen molar-refractivity contribution in [2.45, 2.75) is 99.3 Å². The molecule has 144 valence electrons. The Kier molecular flexibility index (Phi) is 9.94. The van der Waals surface area contributed by atoms with Crippen LogP contribution in [-0.2, 0) is 0 Å². The fraction of sp³-hybridized carbons (Fsp3) is 1.00. The summed E-state index contributed by atoms with van der Waals surface area (Å²) in [5.41, 5.74) is 0.673. The van der Waals surface area contributed by atoms with Crippen LogP contribution in [0.15, 0.2) is 0 Å². The minimum Gasteiger partial charge on any atom is -0.319 e. The second kappa shape index (κ2) is 10.8. The van der Waals surface area contributed by atoms with Gasteiger partial charge in [-0.25, -0.2) is 0 Å². The lowest BCUT2D eigenvalue weighted by atomic mass is 9.72. The maximum Gasteiger partial charge on any atom is -0.00210 e. The molecular weight excluding hydrogens is 290 g/mol. The maximum absolute atomic E-state index is 3.42. The SMILES string of the molecule is CCC(CCCC1(CC(C)C)CCC(C(C)C)C1)C(CC)CNC. The summed E-state index contributed by atoms with van der Waals surface area (Å²) in [4.78, 5) is 0. The molecule has 0 aromatic rings. The van der Waals surface area contributed by atoms with Gasteiger partial charge in [-0.05, 0) is 80.7 Å². The summed E-state index contributed by atoms with van der Waals surface area (Å²) in [5, 5.41) is 3.42. The predicted octanol–water partition coefficient (Wildman–Crippen LogP) is 6.92. The van der Waals surface area contributed by atoms with Gasteiger partial charge in [0.05, 0.1) is 0 Å². The van der Waals surface area contributed by atoms with Crippen LogP contribution in [0.25, 0.3) is 0 Å². The van der Waals surface area contributed by atoms with Crippen molar-refractivity contribution in [3.63, 3.8) is 0 Å². The maximum atomic E-state index is 3.42. The second-order valence-electron chi connectivity index (χ2n) is 9.63. The van der Waals surface area contributed by atoms with Gasteiger partial charge in [-0.2, -0.15) is 0 Å². The molecule has 0 spiro atoms. The van der Waals surface area contributed by atoms with Crippen molar-refractivity contribution in [1.82, 2.24) is 5.32 Å². The van der Waals surface area contributed by atoms with Gasteiger partial charge in [0.2, 0.25) is 0 Å². The summed E-state index contributed by atoms with van der Waals surface area (Å²) in [5.74, 6) is 4.50. The molecule has 0 saturated heterocycles. The van der Waals surface area contributed by atoms with E-state index in [9.17, 15) is 0 Å². The van der Waals surface area contributed by atoms with Crippen LogP contribution in [0.4, 0.5) is 0 Å². The summed E-state index contributed by atoms with van der Waals surface area (Å²) in [6.45, 7) is 15.7. The van der Waals surface area contributed by atoms with Crippen molar-refractivity contribution < 1.29 is 0 Å². The zero-order chi connectivity index (χ0) is 18.2. The van der Waals surface area contributed by atoms with Gasteiger partial charge >= 0.3 is 0 Å². The lowest BCUT2D eigenvalue weighted by Crippen LogP contribution is -2.26. The van der Waals surface area contributed by atoms with E-state index in [0.717, 1.165) is 29.6 Å². The number of nitrogens with one attached hydrogen (secondary N) is 1. The first-order valence-electron chi connectivity index (χ1n) is 11.0. The lowest BCUT2D eigenvalue weighted by molar-refractivity contribution is 0.180. The Balaban J connectivity index is 2.59. The van der Waals surface area contributed by atoms with Crippen LogP contribution in [-0.4, -0.2) is 13.6 Å². The highest BCUT2D eigenvalue weighted by molar-refractivity contribution is 4.91. The molecule has 1 fully saturated rings. The molecule has 24 heavy (non-hydrogen) atoms. The molecule has 1 saturated carbocycles. The minimum absolute atomic E-state index is 0.673. The van der Waals surface area contributed by atoms with Gasteiger partial charge in [0, 0.05) is 0 Å². The van der Waals surface area contributed by atoms with Crippen molar-refractivity contribution in [3.8, 4) is 0 Å². The van der Waals surface area contributed by atoms with Crippen LogP contribution in [0, 0.1) is 35.0 Å². The summed E-state index contributed by atoms with van der Waals surface area (Å²) in [6.07, 6.45) is 13.0. The molecule has 0 radical (unpaired) electrons. The molecule has 0 aliphatic heterocycles. The molecule has 0 amide bonds. The van der Waals surface area contributed by atoms with Crippen LogP contribution in [0.2, 0.25) is 0 Å². The van der Waals surface area contributed by atoms with E-state index < -0.39 is 0 Å². The number of hydrogen-bond acceptors (Lipinski definition) is 1. The molecule has 1 rings (SSSR count). The van der Waals surface area contributed by atoms with Crippen molar-refractivity contribution in [2.75, 3.05) is 13.6 Å². The van der Waals surface area contributed by atoms with E-state index in [4.69, 9.17) is 0 Å². The largest absolute Gasteiger partial charge is 0.319 e. The second-order valence-corrected chi connectivity index (χ2v) is 9.63. The topological polar surface area (TPSA) is 12.0 Å². The Morgan fingerprint density at radius 1 is 1.04 bits per heavy atom. The van der Waals surface area contributed by atoms with Gasteiger partial charge in [0.25, 0.3) is 0 Å². The van der Waals surface area contributed by atoms with E-state index in [0.29, 0.717) is 5.41 Å².